The van der Waals surface area contributed by atoms with Crippen LogP contribution in [0.2, 0.25) is 0 Å². The first-order chi connectivity index (χ1) is 11.2. The Labute approximate surface area is 147 Å². The zero-order valence-corrected chi connectivity index (χ0v) is 15.1. The Hall–Kier alpha value is -1.79. The summed E-state index contributed by atoms with van der Waals surface area (Å²) in [6.07, 6.45) is 0. The van der Waals surface area contributed by atoms with Crippen molar-refractivity contribution in [2.24, 2.45) is 0 Å². The van der Waals surface area contributed by atoms with Gasteiger partial charge in [0.15, 0.2) is 0 Å². The molecule has 0 saturated carbocycles. The average Bonchev–Trinajstić information content (AvgIpc) is 3.02. The molecule has 0 radical (unpaired) electrons. The fourth-order valence-electron chi connectivity index (χ4n) is 2.13. The van der Waals surface area contributed by atoms with Crippen molar-refractivity contribution in [3.8, 4) is 17.2 Å². The highest BCUT2D eigenvalue weighted by Crippen LogP contribution is 2.30. The Kier molecular flexibility index (Phi) is 5.03. The molecule has 3 rings (SSSR count). The monoisotopic (exact) mass is 390 g/mol. The minimum absolute atomic E-state index is 0.557. The van der Waals surface area contributed by atoms with Crippen LogP contribution in [-0.2, 0) is 5.75 Å². The van der Waals surface area contributed by atoms with Gasteiger partial charge in [-0.15, -0.1) is 10.2 Å². The summed E-state index contributed by atoms with van der Waals surface area (Å²) in [7, 11) is 1.65. The second-order valence-electron chi connectivity index (χ2n) is 4.95. The number of hydrogen-bond donors (Lipinski definition) is 0. The fourth-order valence-corrected chi connectivity index (χ4v) is 3.43. The summed E-state index contributed by atoms with van der Waals surface area (Å²) in [6, 6.07) is 14.0. The van der Waals surface area contributed by atoms with Gasteiger partial charge in [0.2, 0.25) is 5.89 Å². The third-order valence-electron chi connectivity index (χ3n) is 3.36. The molecule has 0 aliphatic rings. The number of ether oxygens (including phenoxy) is 1. The molecule has 6 heteroatoms. The maximum Gasteiger partial charge on any atom is 0.277 e. The molecule has 1 aromatic heterocycles. The van der Waals surface area contributed by atoms with E-state index in [2.05, 4.69) is 26.1 Å². The van der Waals surface area contributed by atoms with Gasteiger partial charge in [-0.05, 0) is 52.2 Å². The second kappa shape index (κ2) is 7.19. The van der Waals surface area contributed by atoms with E-state index in [0.29, 0.717) is 11.1 Å². The largest absolute Gasteiger partial charge is 0.496 e. The van der Waals surface area contributed by atoms with E-state index in [9.17, 15) is 0 Å². The molecule has 23 heavy (non-hydrogen) atoms. The van der Waals surface area contributed by atoms with E-state index in [0.717, 1.165) is 32.7 Å². The first-order valence-corrected chi connectivity index (χ1v) is 8.80. The van der Waals surface area contributed by atoms with Crippen LogP contribution < -0.4 is 4.74 Å². The van der Waals surface area contributed by atoms with Crippen molar-refractivity contribution >= 4 is 27.7 Å². The Morgan fingerprint density at radius 3 is 2.74 bits per heavy atom. The van der Waals surface area contributed by atoms with Crippen molar-refractivity contribution in [1.82, 2.24) is 10.2 Å². The predicted octanol–water partition coefficient (Wildman–Crippen LogP) is 5.11. The maximum absolute atomic E-state index is 5.75. The highest BCUT2D eigenvalue weighted by atomic mass is 79.9. The summed E-state index contributed by atoms with van der Waals surface area (Å²) in [5, 5.41) is 8.82. The molecule has 0 unspecified atom stereocenters. The zero-order valence-electron chi connectivity index (χ0n) is 12.7. The lowest BCUT2D eigenvalue weighted by Crippen LogP contribution is -1.86. The number of aryl methyl sites for hydroxylation is 1. The Morgan fingerprint density at radius 1 is 1.17 bits per heavy atom. The van der Waals surface area contributed by atoms with Crippen LogP contribution >= 0.6 is 27.7 Å². The molecule has 2 aromatic carbocycles. The van der Waals surface area contributed by atoms with Crippen molar-refractivity contribution in [1.29, 1.82) is 0 Å². The third kappa shape index (κ3) is 3.76. The highest BCUT2D eigenvalue weighted by Gasteiger charge is 2.11. The van der Waals surface area contributed by atoms with Crippen molar-refractivity contribution < 1.29 is 9.15 Å². The predicted molar refractivity (Wildman–Crippen MR) is 94.7 cm³/mol. The molecule has 0 saturated heterocycles. The summed E-state index contributed by atoms with van der Waals surface area (Å²) < 4.78 is 11.9. The molecule has 3 aromatic rings. The standard InChI is InChI=1S/C17H15BrN2O2S/c1-11-5-3-4-6-13(11)16-19-20-17(22-16)23-10-12-7-8-15(21-2)14(18)9-12/h3-9H,10H2,1-2H3. The van der Waals surface area contributed by atoms with Gasteiger partial charge in [0.1, 0.15) is 5.75 Å². The van der Waals surface area contributed by atoms with E-state index >= 15 is 0 Å². The van der Waals surface area contributed by atoms with Gasteiger partial charge in [0.05, 0.1) is 11.6 Å². The number of aromatic nitrogens is 2. The smallest absolute Gasteiger partial charge is 0.277 e. The SMILES string of the molecule is COc1ccc(CSc2nnc(-c3ccccc3C)o2)cc1Br. The molecule has 0 N–H and O–H groups in total. The molecular formula is C17H15BrN2O2S. The van der Waals surface area contributed by atoms with Gasteiger partial charge in [-0.25, -0.2) is 0 Å². The molecule has 118 valence electrons. The first kappa shape index (κ1) is 16.1. The number of rotatable bonds is 5. The lowest BCUT2D eigenvalue weighted by molar-refractivity contribution is 0.412. The lowest BCUT2D eigenvalue weighted by atomic mass is 10.1. The van der Waals surface area contributed by atoms with E-state index in [1.165, 1.54) is 11.8 Å². The number of halogens is 1. The summed E-state index contributed by atoms with van der Waals surface area (Å²) in [4.78, 5) is 0. The van der Waals surface area contributed by atoms with Crippen LogP contribution in [0, 0.1) is 6.92 Å². The van der Waals surface area contributed by atoms with Gasteiger partial charge in [0, 0.05) is 11.3 Å². The Bertz CT molecular complexity index is 820. The van der Waals surface area contributed by atoms with Crippen LogP contribution in [0.4, 0.5) is 0 Å². The summed E-state index contributed by atoms with van der Waals surface area (Å²) >= 11 is 5.01. The van der Waals surface area contributed by atoms with Crippen molar-refractivity contribution in [3.05, 3.63) is 58.1 Å². The number of thioether (sulfide) groups is 1. The number of methoxy groups -OCH3 is 1. The molecule has 0 spiro atoms. The van der Waals surface area contributed by atoms with Gasteiger partial charge in [-0.1, -0.05) is 36.0 Å². The molecule has 0 amide bonds. The summed E-state index contributed by atoms with van der Waals surface area (Å²) in [6.45, 7) is 2.03. The van der Waals surface area contributed by atoms with Crippen LogP contribution in [0.3, 0.4) is 0 Å². The van der Waals surface area contributed by atoms with Gasteiger partial charge < -0.3 is 9.15 Å². The van der Waals surface area contributed by atoms with E-state index in [4.69, 9.17) is 9.15 Å². The molecule has 0 bridgehead atoms. The molecule has 0 fully saturated rings. The Morgan fingerprint density at radius 2 is 2.00 bits per heavy atom. The third-order valence-corrected chi connectivity index (χ3v) is 4.87. The second-order valence-corrected chi connectivity index (χ2v) is 6.73. The average molecular weight is 391 g/mol. The number of nitrogens with zero attached hydrogens (tertiary/aromatic N) is 2. The fraction of sp³-hybridized carbons (Fsp3) is 0.176. The minimum atomic E-state index is 0.557. The van der Waals surface area contributed by atoms with Crippen LogP contribution in [0.15, 0.2) is 56.6 Å². The van der Waals surface area contributed by atoms with Gasteiger partial charge in [-0.2, -0.15) is 0 Å². The Balaban J connectivity index is 1.70. The van der Waals surface area contributed by atoms with Gasteiger partial charge >= 0.3 is 0 Å². The summed E-state index contributed by atoms with van der Waals surface area (Å²) in [5.41, 5.74) is 3.24. The van der Waals surface area contributed by atoms with Crippen molar-refractivity contribution in [3.63, 3.8) is 0 Å². The van der Waals surface area contributed by atoms with E-state index < -0.39 is 0 Å². The first-order valence-electron chi connectivity index (χ1n) is 7.02. The van der Waals surface area contributed by atoms with Crippen molar-refractivity contribution in [2.45, 2.75) is 17.9 Å². The highest BCUT2D eigenvalue weighted by molar-refractivity contribution is 9.10. The molecule has 0 aliphatic carbocycles. The number of hydrogen-bond acceptors (Lipinski definition) is 5. The normalized spacial score (nSPS) is 10.7. The molecule has 4 nitrogen and oxygen atoms in total. The lowest BCUT2D eigenvalue weighted by Gasteiger charge is -2.05. The van der Waals surface area contributed by atoms with Crippen LogP contribution in [-0.4, -0.2) is 17.3 Å². The summed E-state index contributed by atoms with van der Waals surface area (Å²) in [5.74, 6) is 2.12. The van der Waals surface area contributed by atoms with E-state index in [1.54, 1.807) is 7.11 Å². The number of benzene rings is 2. The molecule has 0 atom stereocenters. The quantitative estimate of drug-likeness (QED) is 0.566. The van der Waals surface area contributed by atoms with E-state index in [-0.39, 0.29) is 0 Å². The van der Waals surface area contributed by atoms with E-state index in [1.807, 2.05) is 49.4 Å². The maximum atomic E-state index is 5.75. The van der Waals surface area contributed by atoms with Crippen LogP contribution in [0.25, 0.3) is 11.5 Å². The molecular weight excluding hydrogens is 376 g/mol. The zero-order chi connectivity index (χ0) is 16.2. The molecule has 1 heterocycles. The molecule has 0 aliphatic heterocycles. The van der Waals surface area contributed by atoms with Crippen LogP contribution in [0.1, 0.15) is 11.1 Å². The van der Waals surface area contributed by atoms with Gasteiger partial charge in [-0.3, -0.25) is 0 Å². The van der Waals surface area contributed by atoms with Gasteiger partial charge in [0.25, 0.3) is 5.22 Å². The topological polar surface area (TPSA) is 48.2 Å². The van der Waals surface area contributed by atoms with Crippen molar-refractivity contribution in [2.75, 3.05) is 7.11 Å². The minimum Gasteiger partial charge on any atom is -0.496 e. The van der Waals surface area contributed by atoms with Crippen LogP contribution in [0.5, 0.6) is 5.75 Å².